The minimum atomic E-state index is -0.0885. The number of hydrogen-bond donors (Lipinski definition) is 0. The summed E-state index contributed by atoms with van der Waals surface area (Å²) in [5, 5.41) is 2.24. The molecule has 0 saturated heterocycles. The van der Waals surface area contributed by atoms with E-state index in [-0.39, 0.29) is 5.54 Å². The Kier molecular flexibility index (Phi) is 4.36. The van der Waals surface area contributed by atoms with Crippen LogP contribution in [-0.4, -0.2) is 18.6 Å². The monoisotopic (exact) mass is 349 g/mol. The fourth-order valence-electron chi connectivity index (χ4n) is 3.89. The molecule has 1 unspecified atom stereocenters. The van der Waals surface area contributed by atoms with Gasteiger partial charge in [0.25, 0.3) is 0 Å². The molecule has 0 aliphatic carbocycles. The Bertz CT molecular complexity index is 840. The zero-order valence-corrected chi connectivity index (χ0v) is 15.6. The summed E-state index contributed by atoms with van der Waals surface area (Å²) < 4.78 is 5.29. The molecule has 2 nitrogen and oxygen atoms in total. The largest absolute Gasteiger partial charge is 0.497 e. The number of ether oxygens (including phenoxy) is 1. The molecule has 0 saturated carbocycles. The van der Waals surface area contributed by atoms with Crippen LogP contribution in [0, 0.1) is 0 Å². The van der Waals surface area contributed by atoms with Crippen molar-refractivity contribution in [2.45, 2.75) is 25.4 Å². The predicted octanol–water partition coefficient (Wildman–Crippen LogP) is 5.08. The zero-order valence-electron chi connectivity index (χ0n) is 14.7. The van der Waals surface area contributed by atoms with Crippen molar-refractivity contribution in [2.75, 3.05) is 13.7 Å². The fourth-order valence-corrected chi connectivity index (χ4v) is 4.86. The molecule has 1 aliphatic heterocycles. The van der Waals surface area contributed by atoms with Gasteiger partial charge in [-0.1, -0.05) is 42.5 Å². The van der Waals surface area contributed by atoms with E-state index in [9.17, 15) is 0 Å². The third-order valence-electron chi connectivity index (χ3n) is 5.38. The molecule has 2 aromatic carbocycles. The van der Waals surface area contributed by atoms with Gasteiger partial charge < -0.3 is 4.74 Å². The van der Waals surface area contributed by atoms with E-state index in [0.29, 0.717) is 0 Å². The summed E-state index contributed by atoms with van der Waals surface area (Å²) in [5.74, 6) is 0.910. The van der Waals surface area contributed by atoms with Crippen molar-refractivity contribution >= 4 is 11.3 Å². The lowest BCUT2D eigenvalue weighted by molar-refractivity contribution is 0.119. The molecule has 1 aliphatic rings. The summed E-state index contributed by atoms with van der Waals surface area (Å²) in [7, 11) is 1.71. The van der Waals surface area contributed by atoms with Crippen LogP contribution in [0.15, 0.2) is 66.0 Å². The highest BCUT2D eigenvalue weighted by Gasteiger charge is 2.40. The van der Waals surface area contributed by atoms with Crippen LogP contribution in [0.2, 0.25) is 0 Å². The lowest BCUT2D eigenvalue weighted by Crippen LogP contribution is -2.48. The van der Waals surface area contributed by atoms with Gasteiger partial charge in [0.2, 0.25) is 0 Å². The van der Waals surface area contributed by atoms with Crippen LogP contribution in [0.4, 0.5) is 0 Å². The minimum Gasteiger partial charge on any atom is -0.497 e. The first-order valence-electron chi connectivity index (χ1n) is 8.72. The number of rotatable bonds is 4. The van der Waals surface area contributed by atoms with Crippen molar-refractivity contribution in [3.8, 4) is 5.75 Å². The van der Waals surface area contributed by atoms with Crippen molar-refractivity contribution in [2.24, 2.45) is 0 Å². The van der Waals surface area contributed by atoms with E-state index in [1.165, 1.54) is 21.6 Å². The number of thiophene rings is 1. The van der Waals surface area contributed by atoms with E-state index >= 15 is 0 Å². The topological polar surface area (TPSA) is 12.5 Å². The first kappa shape index (κ1) is 16.4. The van der Waals surface area contributed by atoms with Crippen molar-refractivity contribution in [3.05, 3.63) is 87.6 Å². The smallest absolute Gasteiger partial charge is 0.118 e. The average Bonchev–Trinajstić information content (AvgIpc) is 3.15. The van der Waals surface area contributed by atoms with E-state index in [4.69, 9.17) is 4.74 Å². The average molecular weight is 349 g/mol. The van der Waals surface area contributed by atoms with Gasteiger partial charge in [-0.3, -0.25) is 4.90 Å². The Labute approximate surface area is 153 Å². The van der Waals surface area contributed by atoms with Crippen LogP contribution >= 0.6 is 11.3 Å². The van der Waals surface area contributed by atoms with Gasteiger partial charge in [0.1, 0.15) is 5.75 Å². The van der Waals surface area contributed by atoms with Crippen molar-refractivity contribution in [3.63, 3.8) is 0 Å². The van der Waals surface area contributed by atoms with Gasteiger partial charge in [-0.05, 0) is 53.6 Å². The highest BCUT2D eigenvalue weighted by atomic mass is 32.1. The second-order valence-corrected chi connectivity index (χ2v) is 7.72. The van der Waals surface area contributed by atoms with E-state index in [1.54, 1.807) is 7.11 Å². The Morgan fingerprint density at radius 1 is 1.04 bits per heavy atom. The van der Waals surface area contributed by atoms with Crippen molar-refractivity contribution in [1.82, 2.24) is 4.90 Å². The maximum absolute atomic E-state index is 5.29. The molecule has 0 bridgehead atoms. The van der Waals surface area contributed by atoms with Gasteiger partial charge in [0.05, 0.1) is 12.6 Å². The molecule has 128 valence electrons. The summed E-state index contributed by atoms with van der Waals surface area (Å²) in [5.41, 5.74) is 4.06. The normalized spacial score (nSPS) is 20.2. The van der Waals surface area contributed by atoms with Crippen molar-refractivity contribution in [1.29, 1.82) is 0 Å². The summed E-state index contributed by atoms with van der Waals surface area (Å²) in [4.78, 5) is 4.14. The summed E-state index contributed by atoms with van der Waals surface area (Å²) >= 11 is 1.89. The maximum Gasteiger partial charge on any atom is 0.118 e. The zero-order chi connectivity index (χ0) is 17.3. The molecule has 3 heteroatoms. The van der Waals surface area contributed by atoms with Gasteiger partial charge >= 0.3 is 0 Å². The number of hydrogen-bond acceptors (Lipinski definition) is 3. The van der Waals surface area contributed by atoms with E-state index < -0.39 is 0 Å². The number of fused-ring (bicyclic) bond motifs is 1. The molecule has 0 amide bonds. The predicted molar refractivity (Wildman–Crippen MR) is 104 cm³/mol. The molecule has 1 atom stereocenters. The van der Waals surface area contributed by atoms with E-state index in [2.05, 4.69) is 77.9 Å². The van der Waals surface area contributed by atoms with Crippen LogP contribution in [0.5, 0.6) is 5.75 Å². The Morgan fingerprint density at radius 3 is 2.52 bits per heavy atom. The molecular formula is C22H23NOS. The molecule has 0 spiro atoms. The van der Waals surface area contributed by atoms with Crippen LogP contribution < -0.4 is 4.74 Å². The Hall–Kier alpha value is -2.10. The molecule has 0 N–H and O–H groups in total. The molecule has 0 fully saturated rings. The molecule has 1 aromatic heterocycles. The van der Waals surface area contributed by atoms with Gasteiger partial charge in [-0.15, -0.1) is 11.3 Å². The highest BCUT2D eigenvalue weighted by molar-refractivity contribution is 7.10. The standard InChI is InChI=1S/C22H23NOS/c1-22(18-6-4-3-5-7-18)20-13-15-25-21(20)12-14-23(22)16-17-8-10-19(24-2)11-9-17/h3-11,13,15H,12,14,16H2,1-2H3. The lowest BCUT2D eigenvalue weighted by atomic mass is 9.80. The van der Waals surface area contributed by atoms with Crippen LogP contribution in [0.3, 0.4) is 0 Å². The third-order valence-corrected chi connectivity index (χ3v) is 6.36. The minimum absolute atomic E-state index is 0.0885. The fraction of sp³-hybridized carbons (Fsp3) is 0.273. The van der Waals surface area contributed by atoms with E-state index in [0.717, 1.165) is 25.3 Å². The first-order valence-corrected chi connectivity index (χ1v) is 9.60. The SMILES string of the molecule is COc1ccc(CN2CCc3sccc3C2(C)c2ccccc2)cc1. The quantitative estimate of drug-likeness (QED) is 0.651. The maximum atomic E-state index is 5.29. The number of methoxy groups -OCH3 is 1. The lowest BCUT2D eigenvalue weighted by Gasteiger charge is -2.45. The highest BCUT2D eigenvalue weighted by Crippen LogP contribution is 2.43. The number of benzene rings is 2. The van der Waals surface area contributed by atoms with Crippen LogP contribution in [0.1, 0.15) is 28.5 Å². The van der Waals surface area contributed by atoms with E-state index in [1.807, 2.05) is 11.3 Å². The summed E-state index contributed by atoms with van der Waals surface area (Å²) in [6.45, 7) is 4.38. The molecule has 0 radical (unpaired) electrons. The molecule has 3 aromatic rings. The molecule has 25 heavy (non-hydrogen) atoms. The van der Waals surface area contributed by atoms with Gasteiger partial charge in [-0.25, -0.2) is 0 Å². The third kappa shape index (κ3) is 2.88. The molecule has 4 rings (SSSR count). The van der Waals surface area contributed by atoms with Crippen LogP contribution in [-0.2, 0) is 18.5 Å². The molecule has 2 heterocycles. The van der Waals surface area contributed by atoms with Gasteiger partial charge in [0, 0.05) is 18.0 Å². The second kappa shape index (κ2) is 6.66. The van der Waals surface area contributed by atoms with Gasteiger partial charge in [-0.2, -0.15) is 0 Å². The molecular weight excluding hydrogens is 326 g/mol. The van der Waals surface area contributed by atoms with Crippen LogP contribution in [0.25, 0.3) is 0 Å². The van der Waals surface area contributed by atoms with Gasteiger partial charge in [0.15, 0.2) is 0 Å². The summed E-state index contributed by atoms with van der Waals surface area (Å²) in [6.07, 6.45) is 1.13. The summed E-state index contributed by atoms with van der Waals surface area (Å²) in [6, 6.07) is 21.7. The van der Waals surface area contributed by atoms with Crippen molar-refractivity contribution < 1.29 is 4.74 Å². The Morgan fingerprint density at radius 2 is 1.80 bits per heavy atom. The first-order chi connectivity index (χ1) is 12.2. The second-order valence-electron chi connectivity index (χ2n) is 6.72. The Balaban J connectivity index is 1.73. The number of nitrogens with zero attached hydrogens (tertiary/aromatic N) is 1.